The van der Waals surface area contributed by atoms with Crippen LogP contribution in [0, 0.1) is 0 Å². The molecule has 1 amide bonds. The van der Waals surface area contributed by atoms with E-state index in [4.69, 9.17) is 4.74 Å². The van der Waals surface area contributed by atoms with Gasteiger partial charge >= 0.3 is 0 Å². The number of para-hydroxylation sites is 1. The summed E-state index contributed by atoms with van der Waals surface area (Å²) in [5, 5.41) is 4.28. The quantitative estimate of drug-likeness (QED) is 0.586. The van der Waals surface area contributed by atoms with Gasteiger partial charge in [0.1, 0.15) is 24.5 Å². The molecule has 0 spiro atoms. The second-order valence-electron chi connectivity index (χ2n) is 7.50. The van der Waals surface area contributed by atoms with Crippen molar-refractivity contribution in [2.24, 2.45) is 4.99 Å². The van der Waals surface area contributed by atoms with Crippen LogP contribution in [-0.2, 0) is 4.79 Å². The van der Waals surface area contributed by atoms with Gasteiger partial charge in [0.2, 0.25) is 0 Å². The van der Waals surface area contributed by atoms with Crippen molar-refractivity contribution < 1.29 is 9.53 Å². The number of carbonyl (C=O) groups is 1. The predicted molar refractivity (Wildman–Crippen MR) is 126 cm³/mol. The Bertz CT molecular complexity index is 1290. The average molecular weight is 423 g/mol. The number of allylic oxidation sites excluding steroid dienone is 3. The molecule has 2 aliphatic heterocycles. The molecule has 3 aromatic rings. The smallest absolute Gasteiger partial charge is 0.265 e. The first-order valence-electron chi connectivity index (χ1n) is 10.3. The van der Waals surface area contributed by atoms with Gasteiger partial charge in [-0.1, -0.05) is 30.4 Å². The number of fused-ring (bicyclic) bond motifs is 4. The molecule has 0 saturated carbocycles. The molecule has 0 saturated heterocycles. The molecule has 4 bridgehead atoms. The van der Waals surface area contributed by atoms with Crippen molar-refractivity contribution in [1.29, 1.82) is 0 Å². The third kappa shape index (κ3) is 4.41. The zero-order valence-corrected chi connectivity index (χ0v) is 17.3. The highest BCUT2D eigenvalue weighted by Crippen LogP contribution is 2.28. The van der Waals surface area contributed by atoms with Crippen LogP contribution in [0.3, 0.4) is 0 Å². The summed E-state index contributed by atoms with van der Waals surface area (Å²) < 4.78 is 6.06. The van der Waals surface area contributed by atoms with E-state index in [1.165, 1.54) is 6.21 Å². The molecule has 0 radical (unpaired) electrons. The molecule has 0 unspecified atom stereocenters. The number of rotatable bonds is 0. The first kappa shape index (κ1) is 19.7. The molecule has 0 fully saturated rings. The van der Waals surface area contributed by atoms with Crippen LogP contribution in [0.1, 0.15) is 5.56 Å². The number of anilines is 2. The Morgan fingerprint density at radius 2 is 1.97 bits per heavy atom. The van der Waals surface area contributed by atoms with Crippen molar-refractivity contribution in [3.05, 3.63) is 84.4 Å². The summed E-state index contributed by atoms with van der Waals surface area (Å²) in [6.07, 6.45) is 12.6. The Balaban J connectivity index is 1.55. The van der Waals surface area contributed by atoms with Crippen LogP contribution in [-0.4, -0.2) is 46.7 Å². The van der Waals surface area contributed by atoms with Crippen LogP contribution in [0.25, 0.3) is 17.0 Å². The number of nitrogens with zero attached hydrogens (tertiary/aromatic N) is 4. The minimum absolute atomic E-state index is 0.204. The van der Waals surface area contributed by atoms with Gasteiger partial charge in [-0.25, -0.2) is 15.0 Å². The third-order valence-corrected chi connectivity index (χ3v) is 5.20. The number of ether oxygens (including phenoxy) is 1. The standard InChI is InChI=1S/C25H21N5O2/c31-24-15-30-12-4-5-18(14-30)16-32-20-9-10-23-21(13-20)25(28-17-27-23)29-22-8-2-1-6-19(22)7-3-11-26-24/h1-13,17H,14-16H2,(H,27,28,29). The Hall–Kier alpha value is -4.26. The van der Waals surface area contributed by atoms with Gasteiger partial charge in [0.15, 0.2) is 0 Å². The normalized spacial score (nSPS) is 16.1. The molecule has 0 atom stereocenters. The van der Waals surface area contributed by atoms with Crippen LogP contribution < -0.4 is 10.1 Å². The fraction of sp³-hybridized carbons (Fsp3) is 0.120. The summed E-state index contributed by atoms with van der Waals surface area (Å²) in [6, 6.07) is 13.7. The molecular formula is C25H21N5O2. The lowest BCUT2D eigenvalue weighted by Crippen LogP contribution is -2.29. The van der Waals surface area contributed by atoms with Gasteiger partial charge in [-0.05, 0) is 53.8 Å². The maximum atomic E-state index is 12.3. The summed E-state index contributed by atoms with van der Waals surface area (Å²) in [7, 11) is 0. The number of amides is 1. The summed E-state index contributed by atoms with van der Waals surface area (Å²) in [5.74, 6) is 1.22. The van der Waals surface area contributed by atoms with E-state index < -0.39 is 0 Å². The van der Waals surface area contributed by atoms with E-state index in [0.29, 0.717) is 19.0 Å². The zero-order chi connectivity index (χ0) is 21.8. The second kappa shape index (κ2) is 8.85. The van der Waals surface area contributed by atoms with Gasteiger partial charge < -0.3 is 15.0 Å². The number of nitrogens with one attached hydrogen (secondary N) is 1. The van der Waals surface area contributed by atoms with Crippen molar-refractivity contribution in [3.8, 4) is 5.75 Å². The highest BCUT2D eigenvalue weighted by molar-refractivity contribution is 5.94. The maximum absolute atomic E-state index is 12.3. The minimum Gasteiger partial charge on any atom is -0.489 e. The van der Waals surface area contributed by atoms with Gasteiger partial charge in [-0.2, -0.15) is 0 Å². The molecule has 158 valence electrons. The molecule has 2 aromatic carbocycles. The van der Waals surface area contributed by atoms with Gasteiger partial charge in [0.25, 0.3) is 5.91 Å². The molecule has 1 aromatic heterocycles. The van der Waals surface area contributed by atoms with Crippen LogP contribution in [0.15, 0.2) is 83.8 Å². The van der Waals surface area contributed by atoms with E-state index in [1.54, 1.807) is 12.4 Å². The van der Waals surface area contributed by atoms with E-state index in [9.17, 15) is 4.79 Å². The molecule has 3 heterocycles. The van der Waals surface area contributed by atoms with E-state index in [2.05, 4.69) is 20.3 Å². The van der Waals surface area contributed by atoms with Gasteiger partial charge in [-0.15, -0.1) is 0 Å². The first-order chi connectivity index (χ1) is 15.7. The Labute approximate surface area is 185 Å². The van der Waals surface area contributed by atoms with Crippen molar-refractivity contribution in [2.75, 3.05) is 25.0 Å². The summed E-state index contributed by atoms with van der Waals surface area (Å²) in [5.41, 5.74) is 3.73. The number of benzene rings is 2. The summed E-state index contributed by atoms with van der Waals surface area (Å²) >= 11 is 0. The van der Waals surface area contributed by atoms with Crippen LogP contribution in [0.2, 0.25) is 0 Å². The van der Waals surface area contributed by atoms with Crippen molar-refractivity contribution in [2.45, 2.75) is 0 Å². The Morgan fingerprint density at radius 1 is 1.03 bits per heavy atom. The molecule has 5 rings (SSSR count). The van der Waals surface area contributed by atoms with Gasteiger partial charge in [-0.3, -0.25) is 4.79 Å². The molecule has 2 aliphatic rings. The van der Waals surface area contributed by atoms with Crippen molar-refractivity contribution in [1.82, 2.24) is 14.9 Å². The van der Waals surface area contributed by atoms with Crippen molar-refractivity contribution >= 4 is 40.6 Å². The van der Waals surface area contributed by atoms with Gasteiger partial charge in [0, 0.05) is 23.8 Å². The fourth-order valence-corrected chi connectivity index (χ4v) is 3.64. The highest BCUT2D eigenvalue weighted by atomic mass is 16.5. The average Bonchev–Trinajstić information content (AvgIpc) is 2.81. The number of hydrogen-bond acceptors (Lipinski definition) is 6. The molecule has 1 N–H and O–H groups in total. The lowest BCUT2D eigenvalue weighted by Gasteiger charge is -2.23. The number of aromatic nitrogens is 2. The maximum Gasteiger partial charge on any atom is 0.265 e. The molecular weight excluding hydrogens is 402 g/mol. The molecule has 0 aliphatic carbocycles. The number of hydrogen-bond donors (Lipinski definition) is 1. The van der Waals surface area contributed by atoms with Crippen LogP contribution in [0.4, 0.5) is 11.5 Å². The van der Waals surface area contributed by atoms with Crippen LogP contribution >= 0.6 is 0 Å². The minimum atomic E-state index is -0.204. The second-order valence-corrected chi connectivity index (χ2v) is 7.50. The summed E-state index contributed by atoms with van der Waals surface area (Å²) in [4.78, 5) is 27.1. The zero-order valence-electron chi connectivity index (χ0n) is 17.3. The predicted octanol–water partition coefficient (Wildman–Crippen LogP) is 4.13. The Morgan fingerprint density at radius 3 is 2.94 bits per heavy atom. The Kier molecular flexibility index (Phi) is 5.45. The SMILES string of the molecule is O=C1CN2C=CC=C(COc3ccc4ncnc(c4c3)Nc3ccccc3C=CC=N1)C2. The van der Waals surface area contributed by atoms with E-state index in [0.717, 1.165) is 33.5 Å². The van der Waals surface area contributed by atoms with Gasteiger partial charge in [0.05, 0.1) is 12.1 Å². The van der Waals surface area contributed by atoms with E-state index >= 15 is 0 Å². The summed E-state index contributed by atoms with van der Waals surface area (Å²) in [6.45, 7) is 1.25. The largest absolute Gasteiger partial charge is 0.489 e. The molecule has 7 nitrogen and oxygen atoms in total. The first-order valence-corrected chi connectivity index (χ1v) is 10.3. The topological polar surface area (TPSA) is 79.7 Å². The molecule has 32 heavy (non-hydrogen) atoms. The van der Waals surface area contributed by atoms with Crippen LogP contribution in [0.5, 0.6) is 5.75 Å². The number of aliphatic imine (C=N–C) groups is 1. The highest BCUT2D eigenvalue weighted by Gasteiger charge is 2.13. The third-order valence-electron chi connectivity index (χ3n) is 5.20. The molecule has 7 heteroatoms. The lowest BCUT2D eigenvalue weighted by molar-refractivity contribution is -0.118. The monoisotopic (exact) mass is 423 g/mol. The van der Waals surface area contributed by atoms with Crippen molar-refractivity contribution in [3.63, 3.8) is 0 Å². The van der Waals surface area contributed by atoms with E-state index in [-0.39, 0.29) is 12.5 Å². The van der Waals surface area contributed by atoms with E-state index in [1.807, 2.05) is 71.8 Å². The lowest BCUT2D eigenvalue weighted by atomic mass is 10.1. The fourth-order valence-electron chi connectivity index (χ4n) is 3.64. The number of carbonyl (C=O) groups excluding carboxylic acids is 1.